The topological polar surface area (TPSA) is 29.5 Å². The summed E-state index contributed by atoms with van der Waals surface area (Å²) in [4.78, 5) is 12.8. The van der Waals surface area contributed by atoms with Crippen LogP contribution >= 0.6 is 11.6 Å². The molecule has 0 amide bonds. The molecule has 0 saturated carbocycles. The summed E-state index contributed by atoms with van der Waals surface area (Å²) in [6, 6.07) is 5.30. The molecule has 1 saturated heterocycles. The smallest absolute Gasteiger partial charge is 0.150 e. The second-order valence-electron chi connectivity index (χ2n) is 3.43. The Balaban J connectivity index is 2.28. The Hall–Kier alpha value is -1.06. The molecular weight excluding hydrogens is 214 g/mol. The fourth-order valence-corrected chi connectivity index (χ4v) is 1.89. The number of aldehydes is 1. The molecule has 0 radical (unpaired) electrons. The minimum Gasteiger partial charge on any atom is -0.378 e. The van der Waals surface area contributed by atoms with Gasteiger partial charge in [-0.05, 0) is 12.1 Å². The summed E-state index contributed by atoms with van der Waals surface area (Å²) in [6.45, 7) is 3.06. The quantitative estimate of drug-likeness (QED) is 0.721. The minimum atomic E-state index is 0.654. The second kappa shape index (κ2) is 4.64. The number of hydrogen-bond acceptors (Lipinski definition) is 3. The van der Waals surface area contributed by atoms with Gasteiger partial charge in [-0.3, -0.25) is 4.79 Å². The van der Waals surface area contributed by atoms with Gasteiger partial charge >= 0.3 is 0 Å². The Bertz CT molecular complexity index is 362. The number of hydrogen-bond donors (Lipinski definition) is 0. The molecule has 2 rings (SSSR count). The third kappa shape index (κ3) is 2.30. The van der Waals surface area contributed by atoms with Gasteiger partial charge in [-0.1, -0.05) is 17.7 Å². The molecular formula is C11H12ClNO2. The molecule has 0 bridgehead atoms. The van der Waals surface area contributed by atoms with Crippen LogP contribution in [0, 0.1) is 0 Å². The van der Waals surface area contributed by atoms with E-state index in [1.54, 1.807) is 12.1 Å². The highest BCUT2D eigenvalue weighted by molar-refractivity contribution is 6.33. The van der Waals surface area contributed by atoms with Crippen molar-refractivity contribution in [3.05, 3.63) is 28.8 Å². The standard InChI is InChI=1S/C11H12ClNO2/c12-10-2-1-9(8-14)7-11(10)13-3-5-15-6-4-13/h1-2,7-8H,3-6H2. The molecule has 0 atom stereocenters. The van der Waals surface area contributed by atoms with Gasteiger partial charge in [0.25, 0.3) is 0 Å². The van der Waals surface area contributed by atoms with E-state index in [1.807, 2.05) is 6.07 Å². The summed E-state index contributed by atoms with van der Waals surface area (Å²) in [5.74, 6) is 0. The van der Waals surface area contributed by atoms with Crippen LogP contribution in [-0.4, -0.2) is 32.6 Å². The zero-order chi connectivity index (χ0) is 10.7. The van der Waals surface area contributed by atoms with Gasteiger partial charge in [0.1, 0.15) is 6.29 Å². The van der Waals surface area contributed by atoms with E-state index in [-0.39, 0.29) is 0 Å². The number of carbonyl (C=O) groups is 1. The molecule has 3 nitrogen and oxygen atoms in total. The van der Waals surface area contributed by atoms with Crippen molar-refractivity contribution >= 4 is 23.6 Å². The zero-order valence-corrected chi connectivity index (χ0v) is 9.04. The van der Waals surface area contributed by atoms with E-state index in [0.717, 1.165) is 25.1 Å². The monoisotopic (exact) mass is 225 g/mol. The highest BCUT2D eigenvalue weighted by atomic mass is 35.5. The molecule has 1 heterocycles. The number of halogens is 1. The summed E-state index contributed by atoms with van der Waals surface area (Å²) >= 11 is 6.09. The first-order valence-corrected chi connectivity index (χ1v) is 5.26. The fourth-order valence-electron chi connectivity index (χ4n) is 1.65. The van der Waals surface area contributed by atoms with Gasteiger partial charge < -0.3 is 9.64 Å². The number of benzene rings is 1. The molecule has 1 fully saturated rings. The van der Waals surface area contributed by atoms with Crippen LogP contribution in [0.5, 0.6) is 0 Å². The van der Waals surface area contributed by atoms with Crippen molar-refractivity contribution in [3.8, 4) is 0 Å². The van der Waals surface area contributed by atoms with Crippen LogP contribution in [0.25, 0.3) is 0 Å². The van der Waals surface area contributed by atoms with Gasteiger partial charge in [-0.15, -0.1) is 0 Å². The van der Waals surface area contributed by atoms with Gasteiger partial charge in [-0.2, -0.15) is 0 Å². The molecule has 80 valence electrons. The fraction of sp³-hybridized carbons (Fsp3) is 0.364. The first kappa shape index (κ1) is 10.5. The van der Waals surface area contributed by atoms with Crippen LogP contribution in [0.1, 0.15) is 10.4 Å². The van der Waals surface area contributed by atoms with Crippen LogP contribution < -0.4 is 4.90 Å². The van der Waals surface area contributed by atoms with E-state index < -0.39 is 0 Å². The number of morpholine rings is 1. The van der Waals surface area contributed by atoms with Crippen molar-refractivity contribution in [1.29, 1.82) is 0 Å². The summed E-state index contributed by atoms with van der Waals surface area (Å²) in [6.07, 6.45) is 0.834. The lowest BCUT2D eigenvalue weighted by Gasteiger charge is -2.29. The number of ether oxygens (including phenoxy) is 1. The van der Waals surface area contributed by atoms with Crippen molar-refractivity contribution in [3.63, 3.8) is 0 Å². The highest BCUT2D eigenvalue weighted by Gasteiger charge is 2.14. The summed E-state index contributed by atoms with van der Waals surface area (Å²) < 4.78 is 5.26. The first-order chi connectivity index (χ1) is 7.31. The van der Waals surface area contributed by atoms with Crippen molar-refractivity contribution in [1.82, 2.24) is 0 Å². The van der Waals surface area contributed by atoms with Crippen molar-refractivity contribution in [2.45, 2.75) is 0 Å². The normalized spacial score (nSPS) is 16.5. The Labute approximate surface area is 93.6 Å². The minimum absolute atomic E-state index is 0.654. The maximum absolute atomic E-state index is 10.7. The van der Waals surface area contributed by atoms with Crippen LogP contribution in [0.4, 0.5) is 5.69 Å². The van der Waals surface area contributed by atoms with E-state index >= 15 is 0 Å². The van der Waals surface area contributed by atoms with E-state index in [0.29, 0.717) is 23.8 Å². The van der Waals surface area contributed by atoms with Crippen LogP contribution in [-0.2, 0) is 4.74 Å². The third-order valence-electron chi connectivity index (χ3n) is 2.46. The largest absolute Gasteiger partial charge is 0.378 e. The lowest BCUT2D eigenvalue weighted by molar-refractivity contribution is 0.112. The Morgan fingerprint density at radius 3 is 2.73 bits per heavy atom. The summed E-state index contributed by atoms with van der Waals surface area (Å²) in [5.41, 5.74) is 1.57. The van der Waals surface area contributed by atoms with Gasteiger partial charge in [0.15, 0.2) is 0 Å². The molecule has 0 unspecified atom stereocenters. The molecule has 0 spiro atoms. The average molecular weight is 226 g/mol. The Morgan fingerprint density at radius 2 is 2.07 bits per heavy atom. The molecule has 0 aliphatic carbocycles. The molecule has 0 aromatic heterocycles. The number of nitrogens with zero attached hydrogens (tertiary/aromatic N) is 1. The average Bonchev–Trinajstić information content (AvgIpc) is 2.31. The second-order valence-corrected chi connectivity index (χ2v) is 3.84. The number of anilines is 1. The van der Waals surface area contributed by atoms with Crippen molar-refractivity contribution in [2.75, 3.05) is 31.2 Å². The van der Waals surface area contributed by atoms with Crippen molar-refractivity contribution < 1.29 is 9.53 Å². The summed E-state index contributed by atoms with van der Waals surface area (Å²) in [5, 5.41) is 0.683. The molecule has 1 aliphatic heterocycles. The van der Waals surface area contributed by atoms with E-state index in [1.165, 1.54) is 0 Å². The zero-order valence-electron chi connectivity index (χ0n) is 8.28. The van der Waals surface area contributed by atoms with E-state index in [2.05, 4.69) is 4.90 Å². The van der Waals surface area contributed by atoms with Crippen LogP contribution in [0.2, 0.25) is 5.02 Å². The Morgan fingerprint density at radius 1 is 1.33 bits per heavy atom. The SMILES string of the molecule is O=Cc1ccc(Cl)c(N2CCOCC2)c1. The predicted octanol–water partition coefficient (Wildman–Crippen LogP) is 1.99. The molecule has 4 heteroatoms. The van der Waals surface area contributed by atoms with Crippen molar-refractivity contribution in [2.24, 2.45) is 0 Å². The third-order valence-corrected chi connectivity index (χ3v) is 2.78. The van der Waals surface area contributed by atoms with Gasteiger partial charge in [0.05, 0.1) is 23.9 Å². The highest BCUT2D eigenvalue weighted by Crippen LogP contribution is 2.27. The predicted molar refractivity (Wildman–Crippen MR) is 59.9 cm³/mol. The molecule has 15 heavy (non-hydrogen) atoms. The number of carbonyl (C=O) groups excluding carboxylic acids is 1. The molecule has 0 N–H and O–H groups in total. The van der Waals surface area contributed by atoms with Gasteiger partial charge in [-0.25, -0.2) is 0 Å². The maximum atomic E-state index is 10.7. The van der Waals surface area contributed by atoms with Crippen LogP contribution in [0.15, 0.2) is 18.2 Å². The van der Waals surface area contributed by atoms with Gasteiger partial charge in [0.2, 0.25) is 0 Å². The maximum Gasteiger partial charge on any atom is 0.150 e. The van der Waals surface area contributed by atoms with E-state index in [9.17, 15) is 4.79 Å². The lowest BCUT2D eigenvalue weighted by Crippen LogP contribution is -2.36. The molecule has 1 aromatic carbocycles. The lowest BCUT2D eigenvalue weighted by atomic mass is 10.2. The van der Waals surface area contributed by atoms with Gasteiger partial charge in [0, 0.05) is 18.7 Å². The Kier molecular flexibility index (Phi) is 3.23. The molecule has 1 aliphatic rings. The number of rotatable bonds is 2. The van der Waals surface area contributed by atoms with Crippen LogP contribution in [0.3, 0.4) is 0 Å². The molecule has 1 aromatic rings. The summed E-state index contributed by atoms with van der Waals surface area (Å²) in [7, 11) is 0. The first-order valence-electron chi connectivity index (χ1n) is 4.88. The van der Waals surface area contributed by atoms with E-state index in [4.69, 9.17) is 16.3 Å².